The van der Waals surface area contributed by atoms with Gasteiger partial charge in [-0.05, 0) is 38.3 Å². The fourth-order valence-electron chi connectivity index (χ4n) is 2.61. The second-order valence-electron chi connectivity index (χ2n) is 5.84. The number of nitrogens with zero attached hydrogens (tertiary/aromatic N) is 2. The number of benzene rings is 1. The monoisotopic (exact) mass is 329 g/mol. The van der Waals surface area contributed by atoms with Gasteiger partial charge in [-0.2, -0.15) is 4.98 Å². The lowest BCUT2D eigenvalue weighted by Crippen LogP contribution is -2.25. The Morgan fingerprint density at radius 3 is 2.83 bits per heavy atom. The van der Waals surface area contributed by atoms with E-state index in [2.05, 4.69) is 10.3 Å². The Kier molecular flexibility index (Phi) is 4.52. The van der Waals surface area contributed by atoms with Crippen molar-refractivity contribution in [3.05, 3.63) is 52.4 Å². The van der Waals surface area contributed by atoms with Gasteiger partial charge < -0.3 is 9.88 Å². The minimum Gasteiger partial charge on any atom is -0.325 e. The highest BCUT2D eigenvalue weighted by atomic mass is 32.2. The molecule has 0 aliphatic carbocycles. The Balaban J connectivity index is 1.86. The number of nitrogens with one attached hydrogen (secondary N) is 1. The lowest BCUT2D eigenvalue weighted by atomic mass is 10.1. The highest BCUT2D eigenvalue weighted by Gasteiger charge is 2.26. The van der Waals surface area contributed by atoms with Crippen LogP contribution in [0, 0.1) is 0 Å². The molecule has 1 aliphatic rings. The standard InChI is InChI=1S/C17H19N3O2S/c1-11(2)20-10-9-15(21)19-17(20)23-14-8-7-12-5-3-4-6-13(12)18-16(14)22/h3-6,9-11,14H,7-8H2,1-2H3,(H,18,22). The third-order valence-electron chi connectivity index (χ3n) is 3.85. The van der Waals surface area contributed by atoms with Gasteiger partial charge >= 0.3 is 0 Å². The third kappa shape index (κ3) is 3.47. The normalized spacial score (nSPS) is 17.5. The zero-order chi connectivity index (χ0) is 16.4. The molecular weight excluding hydrogens is 310 g/mol. The number of rotatable bonds is 3. The molecule has 2 heterocycles. The van der Waals surface area contributed by atoms with Crippen LogP contribution in [-0.4, -0.2) is 20.7 Å². The maximum absolute atomic E-state index is 12.5. The molecule has 0 radical (unpaired) electrons. The van der Waals surface area contributed by atoms with Gasteiger partial charge in [0.2, 0.25) is 5.91 Å². The molecule has 0 bridgehead atoms. The van der Waals surface area contributed by atoms with Crippen LogP contribution in [-0.2, 0) is 11.2 Å². The van der Waals surface area contributed by atoms with Crippen LogP contribution in [0.25, 0.3) is 0 Å². The SMILES string of the molecule is CC(C)n1ccc(=O)nc1SC1CCc2ccccc2NC1=O. The van der Waals surface area contributed by atoms with Gasteiger partial charge in [0, 0.05) is 24.0 Å². The number of anilines is 1. The number of fused-ring (bicyclic) bond motifs is 1. The summed E-state index contributed by atoms with van der Waals surface area (Å²) in [6.07, 6.45) is 3.29. The fraction of sp³-hybridized carbons (Fsp3) is 0.353. The van der Waals surface area contributed by atoms with Crippen LogP contribution in [0.5, 0.6) is 0 Å². The fourth-order valence-corrected chi connectivity index (χ4v) is 3.80. The smallest absolute Gasteiger partial charge is 0.273 e. The molecule has 1 aromatic heterocycles. The van der Waals surface area contributed by atoms with Gasteiger partial charge in [-0.3, -0.25) is 9.59 Å². The number of thioether (sulfide) groups is 1. The lowest BCUT2D eigenvalue weighted by Gasteiger charge is -2.18. The van der Waals surface area contributed by atoms with Crippen LogP contribution in [0.2, 0.25) is 0 Å². The van der Waals surface area contributed by atoms with Crippen molar-refractivity contribution in [3.8, 4) is 0 Å². The number of hydrogen-bond acceptors (Lipinski definition) is 4. The Hall–Kier alpha value is -2.08. The molecule has 1 aromatic carbocycles. The molecule has 120 valence electrons. The summed E-state index contributed by atoms with van der Waals surface area (Å²) in [7, 11) is 0. The van der Waals surface area contributed by atoms with E-state index in [4.69, 9.17) is 0 Å². The molecule has 0 saturated heterocycles. The summed E-state index contributed by atoms with van der Waals surface area (Å²) in [6, 6.07) is 9.48. The number of aryl methyl sites for hydroxylation is 1. The number of aromatic nitrogens is 2. The second kappa shape index (κ2) is 6.58. The number of hydrogen-bond donors (Lipinski definition) is 1. The van der Waals surface area contributed by atoms with Crippen molar-refractivity contribution in [2.75, 3.05) is 5.32 Å². The van der Waals surface area contributed by atoms with Gasteiger partial charge in [0.1, 0.15) is 0 Å². The molecule has 3 rings (SSSR count). The zero-order valence-electron chi connectivity index (χ0n) is 13.2. The van der Waals surface area contributed by atoms with Crippen molar-refractivity contribution in [3.63, 3.8) is 0 Å². The maximum Gasteiger partial charge on any atom is 0.273 e. The van der Waals surface area contributed by atoms with Gasteiger partial charge in [-0.25, -0.2) is 0 Å². The van der Waals surface area contributed by atoms with E-state index in [1.54, 1.807) is 6.20 Å². The first-order chi connectivity index (χ1) is 11.0. The van der Waals surface area contributed by atoms with E-state index in [-0.39, 0.29) is 22.8 Å². The lowest BCUT2D eigenvalue weighted by molar-refractivity contribution is -0.115. The van der Waals surface area contributed by atoms with E-state index in [0.29, 0.717) is 5.16 Å². The summed E-state index contributed by atoms with van der Waals surface area (Å²) in [5, 5.41) is 3.31. The number of carbonyl (C=O) groups is 1. The summed E-state index contributed by atoms with van der Waals surface area (Å²) in [5.41, 5.74) is 1.75. The highest BCUT2D eigenvalue weighted by Crippen LogP contribution is 2.31. The Morgan fingerprint density at radius 2 is 2.04 bits per heavy atom. The minimum atomic E-state index is -0.276. The molecule has 5 nitrogen and oxygen atoms in total. The first-order valence-electron chi connectivity index (χ1n) is 7.69. The molecule has 0 saturated carbocycles. The van der Waals surface area contributed by atoms with Crippen molar-refractivity contribution in [2.24, 2.45) is 0 Å². The summed E-state index contributed by atoms with van der Waals surface area (Å²) in [5.74, 6) is -0.0339. The number of carbonyl (C=O) groups excluding carboxylic acids is 1. The molecular formula is C17H19N3O2S. The van der Waals surface area contributed by atoms with E-state index < -0.39 is 0 Å². The van der Waals surface area contributed by atoms with Crippen molar-refractivity contribution in [1.82, 2.24) is 9.55 Å². The van der Waals surface area contributed by atoms with E-state index in [1.165, 1.54) is 17.8 Å². The summed E-state index contributed by atoms with van der Waals surface area (Å²) < 4.78 is 1.93. The van der Waals surface area contributed by atoms with Crippen LogP contribution in [0.1, 0.15) is 31.9 Å². The minimum absolute atomic E-state index is 0.0339. The van der Waals surface area contributed by atoms with E-state index >= 15 is 0 Å². The molecule has 23 heavy (non-hydrogen) atoms. The van der Waals surface area contributed by atoms with Crippen LogP contribution in [0.4, 0.5) is 5.69 Å². The van der Waals surface area contributed by atoms with Crippen molar-refractivity contribution in [2.45, 2.75) is 43.1 Å². The topological polar surface area (TPSA) is 64.0 Å². The largest absolute Gasteiger partial charge is 0.325 e. The van der Waals surface area contributed by atoms with Gasteiger partial charge in [-0.15, -0.1) is 0 Å². The average Bonchev–Trinajstić information content (AvgIpc) is 2.66. The predicted octanol–water partition coefficient (Wildman–Crippen LogP) is 2.87. The van der Waals surface area contributed by atoms with Crippen LogP contribution >= 0.6 is 11.8 Å². The molecule has 1 unspecified atom stereocenters. The Morgan fingerprint density at radius 1 is 1.26 bits per heavy atom. The summed E-state index contributed by atoms with van der Waals surface area (Å²) in [6.45, 7) is 4.05. The predicted molar refractivity (Wildman–Crippen MR) is 91.9 cm³/mol. The second-order valence-corrected chi connectivity index (χ2v) is 7.01. The van der Waals surface area contributed by atoms with Gasteiger partial charge in [0.05, 0.1) is 5.25 Å². The first-order valence-corrected chi connectivity index (χ1v) is 8.57. The molecule has 1 amide bonds. The molecule has 6 heteroatoms. The van der Waals surface area contributed by atoms with Crippen molar-refractivity contribution < 1.29 is 4.79 Å². The Labute approximate surface area is 139 Å². The maximum atomic E-state index is 12.5. The van der Waals surface area contributed by atoms with E-state index in [0.717, 1.165) is 24.1 Å². The summed E-state index contributed by atoms with van der Waals surface area (Å²) in [4.78, 5) is 28.2. The molecule has 0 spiro atoms. The average molecular weight is 329 g/mol. The van der Waals surface area contributed by atoms with Gasteiger partial charge in [0.25, 0.3) is 5.56 Å². The first kappa shape index (κ1) is 15.8. The number of amides is 1. The van der Waals surface area contributed by atoms with Crippen molar-refractivity contribution in [1.29, 1.82) is 0 Å². The highest BCUT2D eigenvalue weighted by molar-refractivity contribution is 8.00. The van der Waals surface area contributed by atoms with E-state index in [9.17, 15) is 9.59 Å². The quantitative estimate of drug-likeness (QED) is 0.880. The van der Waals surface area contributed by atoms with E-state index in [1.807, 2.05) is 42.7 Å². The van der Waals surface area contributed by atoms with Crippen LogP contribution < -0.4 is 10.9 Å². The van der Waals surface area contributed by atoms with Crippen LogP contribution in [0.3, 0.4) is 0 Å². The molecule has 0 fully saturated rings. The molecule has 2 aromatic rings. The number of para-hydroxylation sites is 1. The zero-order valence-corrected chi connectivity index (χ0v) is 14.0. The molecule has 1 atom stereocenters. The molecule has 1 N–H and O–H groups in total. The van der Waals surface area contributed by atoms with Gasteiger partial charge in [-0.1, -0.05) is 30.0 Å². The van der Waals surface area contributed by atoms with Gasteiger partial charge in [0.15, 0.2) is 5.16 Å². The van der Waals surface area contributed by atoms with Crippen molar-refractivity contribution >= 4 is 23.4 Å². The summed E-state index contributed by atoms with van der Waals surface area (Å²) >= 11 is 1.37. The third-order valence-corrected chi connectivity index (χ3v) is 5.10. The molecule has 1 aliphatic heterocycles. The van der Waals surface area contributed by atoms with Crippen LogP contribution in [0.15, 0.2) is 46.5 Å². The Bertz CT molecular complexity index is 785.